The van der Waals surface area contributed by atoms with Crippen LogP contribution in [-0.2, 0) is 20.9 Å². The molecule has 0 radical (unpaired) electrons. The summed E-state index contributed by atoms with van der Waals surface area (Å²) in [5.41, 5.74) is 6.32. The van der Waals surface area contributed by atoms with Crippen LogP contribution in [0.3, 0.4) is 0 Å². The van der Waals surface area contributed by atoms with Gasteiger partial charge in [0.15, 0.2) is 0 Å². The van der Waals surface area contributed by atoms with Crippen molar-refractivity contribution in [2.45, 2.75) is 20.5 Å². The fourth-order valence-electron chi connectivity index (χ4n) is 3.24. The molecule has 0 N–H and O–H groups in total. The average Bonchev–Trinajstić information content (AvgIpc) is 2.93. The smallest absolute Gasteiger partial charge is 0.338 e. The summed E-state index contributed by atoms with van der Waals surface area (Å²) < 4.78 is 10.2. The van der Waals surface area contributed by atoms with E-state index in [9.17, 15) is 9.59 Å². The molecular formula is C33H30O4. The third-order valence-corrected chi connectivity index (χ3v) is 5.30. The highest BCUT2D eigenvalue weighted by atomic mass is 16.5. The lowest BCUT2D eigenvalue weighted by Crippen LogP contribution is -2.07. The first kappa shape index (κ1) is 26.9. The van der Waals surface area contributed by atoms with E-state index in [4.69, 9.17) is 9.47 Å². The summed E-state index contributed by atoms with van der Waals surface area (Å²) in [5, 5.41) is 0. The van der Waals surface area contributed by atoms with Crippen LogP contribution in [0.1, 0.15) is 19.4 Å². The highest BCUT2D eigenvalue weighted by molar-refractivity contribution is 5.89. The largest absolute Gasteiger partial charge is 0.457 e. The van der Waals surface area contributed by atoms with Gasteiger partial charge < -0.3 is 9.47 Å². The number of hydrogen-bond acceptors (Lipinski definition) is 4. The molecule has 0 atom stereocenters. The Bertz CT molecular complexity index is 1340. The van der Waals surface area contributed by atoms with E-state index in [0.29, 0.717) is 16.9 Å². The summed E-state index contributed by atoms with van der Waals surface area (Å²) in [6.45, 7) is 10.6. The van der Waals surface area contributed by atoms with Crippen molar-refractivity contribution < 1.29 is 19.1 Å². The maximum atomic E-state index is 11.3. The zero-order valence-electron chi connectivity index (χ0n) is 21.1. The van der Waals surface area contributed by atoms with Gasteiger partial charge in [0, 0.05) is 11.1 Å². The molecule has 4 heteroatoms. The van der Waals surface area contributed by atoms with Crippen LogP contribution in [0.15, 0.2) is 133 Å². The summed E-state index contributed by atoms with van der Waals surface area (Å²) in [5.74, 6) is -0.225. The molecule has 0 amide bonds. The van der Waals surface area contributed by atoms with E-state index in [1.165, 1.54) is 5.56 Å². The van der Waals surface area contributed by atoms with E-state index in [-0.39, 0.29) is 12.6 Å². The topological polar surface area (TPSA) is 52.6 Å². The van der Waals surface area contributed by atoms with Gasteiger partial charge in [-0.05, 0) is 53.8 Å². The van der Waals surface area contributed by atoms with Crippen molar-refractivity contribution in [3.05, 3.63) is 139 Å². The van der Waals surface area contributed by atoms with Gasteiger partial charge in [0.1, 0.15) is 12.4 Å². The van der Waals surface area contributed by atoms with Crippen molar-refractivity contribution in [2.24, 2.45) is 0 Å². The van der Waals surface area contributed by atoms with Gasteiger partial charge in [0.25, 0.3) is 0 Å². The molecule has 4 aromatic rings. The maximum absolute atomic E-state index is 11.3. The van der Waals surface area contributed by atoms with E-state index < -0.39 is 5.97 Å². The Kier molecular flexibility index (Phi) is 9.74. The fraction of sp³-hybridized carbons (Fsp3) is 0.0909. The number of carbonyl (C=O) groups excluding carboxylic acids is 2. The van der Waals surface area contributed by atoms with Gasteiger partial charge in [-0.1, -0.05) is 110 Å². The minimum absolute atomic E-state index is 0.279. The molecule has 0 heterocycles. The Morgan fingerprint density at radius 2 is 0.973 bits per heavy atom. The predicted octanol–water partition coefficient (Wildman–Crippen LogP) is 7.81. The molecule has 4 rings (SSSR count). The van der Waals surface area contributed by atoms with Crippen LogP contribution in [0.5, 0.6) is 5.75 Å². The number of ether oxygens (including phenoxy) is 2. The Labute approximate surface area is 218 Å². The van der Waals surface area contributed by atoms with Crippen molar-refractivity contribution in [1.29, 1.82) is 0 Å². The van der Waals surface area contributed by atoms with Gasteiger partial charge in [-0.3, -0.25) is 0 Å². The van der Waals surface area contributed by atoms with Crippen LogP contribution < -0.4 is 4.74 Å². The maximum Gasteiger partial charge on any atom is 0.338 e. The van der Waals surface area contributed by atoms with Gasteiger partial charge in [-0.15, -0.1) is 0 Å². The molecular weight excluding hydrogens is 460 g/mol. The fourth-order valence-corrected chi connectivity index (χ4v) is 3.24. The zero-order valence-corrected chi connectivity index (χ0v) is 21.1. The molecule has 37 heavy (non-hydrogen) atoms. The van der Waals surface area contributed by atoms with Crippen LogP contribution >= 0.6 is 0 Å². The predicted molar refractivity (Wildman–Crippen MR) is 149 cm³/mol. The summed E-state index contributed by atoms with van der Waals surface area (Å²) in [4.78, 5) is 22.6. The first-order valence-corrected chi connectivity index (χ1v) is 11.8. The summed E-state index contributed by atoms with van der Waals surface area (Å²) >= 11 is 0. The van der Waals surface area contributed by atoms with Crippen LogP contribution in [0.4, 0.5) is 0 Å². The van der Waals surface area contributed by atoms with E-state index in [1.54, 1.807) is 26.0 Å². The van der Waals surface area contributed by atoms with Crippen molar-refractivity contribution in [1.82, 2.24) is 0 Å². The van der Waals surface area contributed by atoms with Gasteiger partial charge in [-0.25, -0.2) is 9.59 Å². The van der Waals surface area contributed by atoms with Crippen LogP contribution in [0.2, 0.25) is 0 Å². The summed E-state index contributed by atoms with van der Waals surface area (Å²) in [7, 11) is 0. The number of benzene rings is 4. The minimum atomic E-state index is -0.400. The Hall–Kier alpha value is -4.70. The molecule has 186 valence electrons. The lowest BCUT2D eigenvalue weighted by molar-refractivity contribution is -0.140. The number of hydrogen-bond donors (Lipinski definition) is 0. The van der Waals surface area contributed by atoms with Crippen molar-refractivity contribution in [3.63, 3.8) is 0 Å². The standard InChI is InChI=1S/C17H16O2.C16H14O2/c1-13(2)17(18)19-12-14-8-10-16(11-9-14)15-6-4-3-5-7-15;1-12(2)16(17)18-15-10-8-14(9-11-15)13-6-4-3-5-7-13/h3-11H,1,12H2,2H3;3-11H,1H2,2H3. The highest BCUT2D eigenvalue weighted by Gasteiger charge is 2.06. The lowest BCUT2D eigenvalue weighted by Gasteiger charge is -2.06. The number of esters is 2. The van der Waals surface area contributed by atoms with Gasteiger partial charge in [0.05, 0.1) is 0 Å². The Morgan fingerprint density at radius 1 is 0.568 bits per heavy atom. The zero-order chi connectivity index (χ0) is 26.6. The van der Waals surface area contributed by atoms with E-state index in [2.05, 4.69) is 25.3 Å². The quantitative estimate of drug-likeness (QED) is 0.151. The summed E-state index contributed by atoms with van der Waals surface area (Å²) in [6, 6.07) is 35.6. The first-order valence-electron chi connectivity index (χ1n) is 11.8. The first-order chi connectivity index (χ1) is 17.8. The van der Waals surface area contributed by atoms with Crippen molar-refractivity contribution in [3.8, 4) is 28.0 Å². The molecule has 0 saturated heterocycles. The van der Waals surface area contributed by atoms with Crippen LogP contribution in [0, 0.1) is 0 Å². The third-order valence-electron chi connectivity index (χ3n) is 5.30. The lowest BCUT2D eigenvalue weighted by atomic mass is 10.0. The van der Waals surface area contributed by atoms with E-state index >= 15 is 0 Å². The second-order valence-electron chi connectivity index (χ2n) is 8.48. The number of rotatable bonds is 7. The third kappa shape index (κ3) is 8.48. The Balaban J connectivity index is 0.000000206. The molecule has 0 aliphatic carbocycles. The molecule has 0 saturated carbocycles. The monoisotopic (exact) mass is 490 g/mol. The van der Waals surface area contributed by atoms with Crippen LogP contribution in [-0.4, -0.2) is 11.9 Å². The van der Waals surface area contributed by atoms with Gasteiger partial charge >= 0.3 is 11.9 Å². The minimum Gasteiger partial charge on any atom is -0.457 e. The van der Waals surface area contributed by atoms with Crippen molar-refractivity contribution in [2.75, 3.05) is 0 Å². The van der Waals surface area contributed by atoms with Crippen molar-refractivity contribution >= 4 is 11.9 Å². The normalized spacial score (nSPS) is 9.89. The Morgan fingerprint density at radius 3 is 1.41 bits per heavy atom. The molecule has 4 nitrogen and oxygen atoms in total. The van der Waals surface area contributed by atoms with Crippen LogP contribution in [0.25, 0.3) is 22.3 Å². The van der Waals surface area contributed by atoms with Gasteiger partial charge in [-0.2, -0.15) is 0 Å². The van der Waals surface area contributed by atoms with Gasteiger partial charge in [0.2, 0.25) is 0 Å². The average molecular weight is 491 g/mol. The molecule has 0 aliphatic heterocycles. The number of carbonyl (C=O) groups is 2. The SMILES string of the molecule is C=C(C)C(=O)OCc1ccc(-c2ccccc2)cc1.C=C(C)C(=O)Oc1ccc(-c2ccccc2)cc1. The molecule has 4 aromatic carbocycles. The second-order valence-corrected chi connectivity index (χ2v) is 8.48. The summed E-state index contributed by atoms with van der Waals surface area (Å²) in [6.07, 6.45) is 0. The molecule has 0 aliphatic rings. The molecule has 0 unspecified atom stereocenters. The molecule has 0 bridgehead atoms. The highest BCUT2D eigenvalue weighted by Crippen LogP contribution is 2.22. The van der Waals surface area contributed by atoms with E-state index in [1.807, 2.05) is 84.9 Å². The second kappa shape index (κ2) is 13.4. The van der Waals surface area contributed by atoms with E-state index in [0.717, 1.165) is 22.3 Å². The molecule has 0 spiro atoms. The molecule has 0 aromatic heterocycles. The molecule has 0 fully saturated rings.